The Balaban J connectivity index is 0.000000902. The minimum Gasteiger partial charge on any atom is -0.316 e. The van der Waals surface area contributed by atoms with Crippen molar-refractivity contribution in [3.63, 3.8) is 0 Å². The van der Waals surface area contributed by atoms with E-state index in [9.17, 15) is 0 Å². The average Bonchev–Trinajstić information content (AvgIpc) is 2.92. The summed E-state index contributed by atoms with van der Waals surface area (Å²) in [5.41, 5.74) is 2.03. The molecule has 1 heterocycles. The van der Waals surface area contributed by atoms with Crippen LogP contribution in [0, 0.1) is 5.92 Å². The molecule has 1 N–H and O–H groups in total. The monoisotopic (exact) mass is 225 g/mol. The van der Waals surface area contributed by atoms with Crippen molar-refractivity contribution >= 4 is 10.8 Å². The van der Waals surface area contributed by atoms with Crippen molar-refractivity contribution in [2.75, 3.05) is 13.1 Å². The van der Waals surface area contributed by atoms with Crippen LogP contribution in [0.2, 0.25) is 0 Å². The van der Waals surface area contributed by atoms with Crippen LogP contribution >= 0.6 is 0 Å². The molecule has 17 heavy (non-hydrogen) atoms. The number of fused-ring (bicyclic) bond motifs is 2. The molecular weight excluding hydrogens is 206 g/mol. The highest BCUT2D eigenvalue weighted by molar-refractivity contribution is 5.83. The maximum Gasteiger partial charge on any atom is 0.0122 e. The van der Waals surface area contributed by atoms with Gasteiger partial charge in [-0.3, -0.25) is 0 Å². The lowest BCUT2D eigenvalue weighted by Crippen LogP contribution is -2.19. The molecule has 4 rings (SSSR count). The normalized spacial score (nSPS) is 29.8. The summed E-state index contributed by atoms with van der Waals surface area (Å²) in [4.78, 5) is 0. The van der Waals surface area contributed by atoms with Crippen molar-refractivity contribution in [1.29, 1.82) is 0 Å². The van der Waals surface area contributed by atoms with Gasteiger partial charge >= 0.3 is 0 Å². The SMILES string of the molecule is C.c1ccc2cc([C@]34CNC[C@H]3C4)ccc2c1. The highest BCUT2D eigenvalue weighted by atomic mass is 15.0. The summed E-state index contributed by atoms with van der Waals surface area (Å²) in [6, 6.07) is 15.6. The molecule has 2 aromatic rings. The maximum atomic E-state index is 3.51. The first-order valence-corrected chi connectivity index (χ1v) is 6.08. The zero-order valence-electron chi connectivity index (χ0n) is 9.24. The summed E-state index contributed by atoms with van der Waals surface area (Å²) < 4.78 is 0. The van der Waals surface area contributed by atoms with Crippen LogP contribution in [0.3, 0.4) is 0 Å². The van der Waals surface area contributed by atoms with Crippen LogP contribution in [-0.4, -0.2) is 13.1 Å². The molecule has 0 radical (unpaired) electrons. The number of piperidine rings is 1. The summed E-state index contributed by atoms with van der Waals surface area (Å²) >= 11 is 0. The second kappa shape index (κ2) is 3.58. The van der Waals surface area contributed by atoms with Crippen molar-refractivity contribution in [3.05, 3.63) is 48.0 Å². The minimum atomic E-state index is 0. The Labute approximate surface area is 103 Å². The molecule has 1 aliphatic heterocycles. The van der Waals surface area contributed by atoms with Gasteiger partial charge in [-0.25, -0.2) is 0 Å². The summed E-state index contributed by atoms with van der Waals surface area (Å²) in [5, 5.41) is 6.24. The summed E-state index contributed by atoms with van der Waals surface area (Å²) in [6.07, 6.45) is 1.39. The van der Waals surface area contributed by atoms with Gasteiger partial charge < -0.3 is 5.32 Å². The Morgan fingerprint density at radius 3 is 2.59 bits per heavy atom. The smallest absolute Gasteiger partial charge is 0.0122 e. The molecule has 0 aromatic heterocycles. The molecule has 0 unspecified atom stereocenters. The Kier molecular flexibility index (Phi) is 2.27. The fourth-order valence-electron chi connectivity index (χ4n) is 3.29. The Morgan fingerprint density at radius 1 is 1.06 bits per heavy atom. The third kappa shape index (κ3) is 1.42. The van der Waals surface area contributed by atoms with Gasteiger partial charge in [0.25, 0.3) is 0 Å². The van der Waals surface area contributed by atoms with Gasteiger partial charge in [0.1, 0.15) is 0 Å². The Hall–Kier alpha value is -1.34. The van der Waals surface area contributed by atoms with E-state index in [1.807, 2.05) is 0 Å². The third-order valence-corrected chi connectivity index (χ3v) is 4.39. The number of rotatable bonds is 1. The Morgan fingerprint density at radius 2 is 1.88 bits per heavy atom. The first kappa shape index (κ1) is 10.8. The van der Waals surface area contributed by atoms with Crippen molar-refractivity contribution in [2.24, 2.45) is 5.92 Å². The molecule has 0 amide bonds. The highest BCUT2D eigenvalue weighted by Gasteiger charge is 2.57. The molecule has 88 valence electrons. The molecular formula is C16H19N. The van der Waals surface area contributed by atoms with Gasteiger partial charge in [0.2, 0.25) is 0 Å². The Bertz CT molecular complexity index is 560. The van der Waals surface area contributed by atoms with Crippen LogP contribution in [-0.2, 0) is 5.41 Å². The molecule has 2 aromatic carbocycles. The lowest BCUT2D eigenvalue weighted by molar-refractivity contribution is 0.676. The number of benzene rings is 2. The van der Waals surface area contributed by atoms with Crippen molar-refractivity contribution in [2.45, 2.75) is 19.3 Å². The van der Waals surface area contributed by atoms with Gasteiger partial charge in [-0.05, 0) is 35.2 Å². The van der Waals surface area contributed by atoms with Crippen molar-refractivity contribution in [1.82, 2.24) is 5.32 Å². The van der Waals surface area contributed by atoms with Crippen LogP contribution < -0.4 is 5.32 Å². The van der Waals surface area contributed by atoms with Crippen LogP contribution in [0.1, 0.15) is 19.4 Å². The number of hydrogen-bond donors (Lipinski definition) is 1. The van der Waals surface area contributed by atoms with Gasteiger partial charge in [0.15, 0.2) is 0 Å². The van der Waals surface area contributed by atoms with E-state index in [0.29, 0.717) is 5.41 Å². The predicted octanol–water partition coefficient (Wildman–Crippen LogP) is 3.34. The lowest BCUT2D eigenvalue weighted by Gasteiger charge is -2.13. The standard InChI is InChI=1S/C15H15N.CH4/c1-2-4-12-7-13(6-5-11(12)3-1)15-8-14(15)9-16-10-15;/h1-7,14,16H,8-10H2;1H4/t14-,15+;/m1./s1. The summed E-state index contributed by atoms with van der Waals surface area (Å²) in [6.45, 7) is 2.39. The fourth-order valence-corrected chi connectivity index (χ4v) is 3.29. The van der Waals surface area contributed by atoms with E-state index in [0.717, 1.165) is 5.92 Å². The largest absolute Gasteiger partial charge is 0.316 e. The van der Waals surface area contributed by atoms with E-state index in [1.165, 1.54) is 30.3 Å². The van der Waals surface area contributed by atoms with E-state index in [1.54, 1.807) is 5.56 Å². The molecule has 0 bridgehead atoms. The minimum absolute atomic E-state index is 0. The molecule has 1 nitrogen and oxygen atoms in total. The van der Waals surface area contributed by atoms with Crippen LogP contribution in [0.4, 0.5) is 0 Å². The van der Waals surface area contributed by atoms with Crippen LogP contribution in [0.5, 0.6) is 0 Å². The molecule has 1 aliphatic carbocycles. The van der Waals surface area contributed by atoms with Gasteiger partial charge in [-0.15, -0.1) is 0 Å². The molecule has 2 aliphatic rings. The molecule has 0 spiro atoms. The number of hydrogen-bond acceptors (Lipinski definition) is 1. The van der Waals surface area contributed by atoms with Crippen molar-refractivity contribution < 1.29 is 0 Å². The molecule has 1 saturated carbocycles. The third-order valence-electron chi connectivity index (χ3n) is 4.39. The van der Waals surface area contributed by atoms with E-state index < -0.39 is 0 Å². The van der Waals surface area contributed by atoms with Crippen LogP contribution in [0.25, 0.3) is 10.8 Å². The molecule has 2 fully saturated rings. The van der Waals surface area contributed by atoms with E-state index in [-0.39, 0.29) is 7.43 Å². The predicted molar refractivity (Wildman–Crippen MR) is 73.3 cm³/mol. The molecule has 1 saturated heterocycles. The number of nitrogens with one attached hydrogen (secondary N) is 1. The van der Waals surface area contributed by atoms with E-state index >= 15 is 0 Å². The van der Waals surface area contributed by atoms with Gasteiger partial charge in [-0.2, -0.15) is 0 Å². The highest BCUT2D eigenvalue weighted by Crippen LogP contribution is 2.56. The average molecular weight is 225 g/mol. The van der Waals surface area contributed by atoms with Gasteiger partial charge in [0.05, 0.1) is 0 Å². The van der Waals surface area contributed by atoms with Crippen molar-refractivity contribution in [3.8, 4) is 0 Å². The van der Waals surface area contributed by atoms with E-state index in [2.05, 4.69) is 47.8 Å². The quantitative estimate of drug-likeness (QED) is 0.785. The van der Waals surface area contributed by atoms with Gasteiger partial charge in [-0.1, -0.05) is 49.9 Å². The zero-order chi connectivity index (χ0) is 10.6. The summed E-state index contributed by atoms with van der Waals surface area (Å²) in [5.74, 6) is 0.897. The second-order valence-electron chi connectivity index (χ2n) is 5.25. The van der Waals surface area contributed by atoms with Gasteiger partial charge in [0, 0.05) is 12.0 Å². The molecule has 2 atom stereocenters. The first-order chi connectivity index (χ1) is 7.88. The molecule has 1 heteroatoms. The van der Waals surface area contributed by atoms with Crippen LogP contribution in [0.15, 0.2) is 42.5 Å². The summed E-state index contributed by atoms with van der Waals surface area (Å²) in [7, 11) is 0. The second-order valence-corrected chi connectivity index (χ2v) is 5.25. The first-order valence-electron chi connectivity index (χ1n) is 6.08. The fraction of sp³-hybridized carbons (Fsp3) is 0.375. The maximum absolute atomic E-state index is 3.51. The zero-order valence-corrected chi connectivity index (χ0v) is 9.24. The lowest BCUT2D eigenvalue weighted by atomic mass is 9.93. The van der Waals surface area contributed by atoms with E-state index in [4.69, 9.17) is 0 Å². The topological polar surface area (TPSA) is 12.0 Å².